The molecule has 8 heteroatoms. The van der Waals surface area contributed by atoms with Gasteiger partial charge in [0.25, 0.3) is 0 Å². The number of halogens is 1. The zero-order valence-electron chi connectivity index (χ0n) is 15.7. The predicted octanol–water partition coefficient (Wildman–Crippen LogP) is 2.70. The van der Waals surface area contributed by atoms with E-state index in [1.165, 1.54) is 6.20 Å². The number of rotatable bonds is 5. The van der Waals surface area contributed by atoms with Crippen LogP contribution in [0.3, 0.4) is 0 Å². The molecule has 2 N–H and O–H groups in total. The van der Waals surface area contributed by atoms with Crippen LogP contribution in [0, 0.1) is 5.82 Å². The van der Waals surface area contributed by atoms with Crippen molar-refractivity contribution in [1.29, 1.82) is 0 Å². The van der Waals surface area contributed by atoms with E-state index in [9.17, 15) is 19.5 Å². The molecule has 1 fully saturated rings. The molecule has 7 nitrogen and oxygen atoms in total. The smallest absolute Gasteiger partial charge is 0.341 e. The summed E-state index contributed by atoms with van der Waals surface area (Å²) in [5.74, 6) is -1.96. The maximum absolute atomic E-state index is 15.2. The summed E-state index contributed by atoms with van der Waals surface area (Å²) in [4.78, 5) is 36.2. The lowest BCUT2D eigenvalue weighted by Gasteiger charge is -2.31. The minimum absolute atomic E-state index is 0.0293. The predicted molar refractivity (Wildman–Crippen MR) is 99.3 cm³/mol. The van der Waals surface area contributed by atoms with Gasteiger partial charge in [-0.05, 0) is 32.3 Å². The minimum atomic E-state index is -1.36. The highest BCUT2D eigenvalue weighted by atomic mass is 19.1. The molecular formula is C20H21FN2O5. The molecule has 0 bridgehead atoms. The molecule has 0 radical (unpaired) electrons. The van der Waals surface area contributed by atoms with Crippen molar-refractivity contribution >= 4 is 22.8 Å². The Morgan fingerprint density at radius 3 is 2.75 bits per heavy atom. The first kappa shape index (κ1) is 18.5. The fraction of sp³-hybridized carbons (Fsp3) is 0.450. The van der Waals surface area contributed by atoms with E-state index in [1.807, 2.05) is 13.8 Å². The monoisotopic (exact) mass is 388 g/mol. The Morgan fingerprint density at radius 2 is 2.14 bits per heavy atom. The van der Waals surface area contributed by atoms with Gasteiger partial charge < -0.3 is 19.7 Å². The highest BCUT2D eigenvalue weighted by Crippen LogP contribution is 2.52. The Hall–Kier alpha value is -2.90. The minimum Gasteiger partial charge on any atom is -0.489 e. The number of carbonyl (C=O) groups excluding carboxylic acids is 1. The standard InChI is InChI=1S/C20H21FN2O5/c1-3-4-14(24)22-20(5-6-20)15-13(21)7-11-16-18(15)28-9-10(2)23(16)8-12(17(11)25)19(26)27/h7-8,10H,3-6,9H2,1-2H3,(H,22,24)(H,26,27)/t10-/m0/s1. The van der Waals surface area contributed by atoms with E-state index in [4.69, 9.17) is 4.74 Å². The van der Waals surface area contributed by atoms with Crippen LogP contribution in [0.5, 0.6) is 5.75 Å². The molecule has 1 aromatic carbocycles. The Kier molecular flexibility index (Phi) is 4.17. The van der Waals surface area contributed by atoms with Crippen molar-refractivity contribution in [3.05, 3.63) is 39.4 Å². The van der Waals surface area contributed by atoms with Gasteiger partial charge in [-0.2, -0.15) is 0 Å². The molecule has 148 valence electrons. The highest BCUT2D eigenvalue weighted by molar-refractivity contribution is 5.95. The normalized spacial score (nSPS) is 19.2. The summed E-state index contributed by atoms with van der Waals surface area (Å²) in [5, 5.41) is 12.2. The number of pyridine rings is 1. The molecule has 4 rings (SSSR count). The number of aromatic nitrogens is 1. The zero-order chi connectivity index (χ0) is 20.2. The van der Waals surface area contributed by atoms with E-state index >= 15 is 4.39 Å². The van der Waals surface area contributed by atoms with Gasteiger partial charge in [-0.3, -0.25) is 9.59 Å². The average molecular weight is 388 g/mol. The molecule has 1 saturated carbocycles. The lowest BCUT2D eigenvalue weighted by atomic mass is 9.97. The third kappa shape index (κ3) is 2.66. The molecule has 2 heterocycles. The summed E-state index contributed by atoms with van der Waals surface area (Å²) in [7, 11) is 0. The number of aromatic carboxylic acids is 1. The second-order valence-electron chi connectivity index (χ2n) is 7.58. The van der Waals surface area contributed by atoms with Crippen LogP contribution in [0.15, 0.2) is 17.1 Å². The number of nitrogens with zero attached hydrogens (tertiary/aromatic N) is 1. The van der Waals surface area contributed by atoms with Crippen LogP contribution in [0.2, 0.25) is 0 Å². The van der Waals surface area contributed by atoms with Crippen LogP contribution in [0.25, 0.3) is 10.9 Å². The van der Waals surface area contributed by atoms with Crippen molar-refractivity contribution in [3.8, 4) is 5.75 Å². The number of benzene rings is 1. The number of hydrogen-bond donors (Lipinski definition) is 2. The second kappa shape index (κ2) is 6.32. The van der Waals surface area contributed by atoms with E-state index in [2.05, 4.69) is 5.32 Å². The third-order valence-electron chi connectivity index (χ3n) is 5.48. The van der Waals surface area contributed by atoms with Gasteiger partial charge in [0.05, 0.1) is 28.0 Å². The molecule has 0 spiro atoms. The molecule has 28 heavy (non-hydrogen) atoms. The maximum Gasteiger partial charge on any atom is 0.341 e. The maximum atomic E-state index is 15.2. The fourth-order valence-electron chi connectivity index (χ4n) is 3.94. The molecule has 1 amide bonds. The van der Waals surface area contributed by atoms with Crippen molar-refractivity contribution in [2.45, 2.75) is 51.1 Å². The van der Waals surface area contributed by atoms with Crippen LogP contribution in [-0.4, -0.2) is 28.2 Å². The fourth-order valence-corrected chi connectivity index (χ4v) is 3.94. The van der Waals surface area contributed by atoms with E-state index < -0.39 is 28.3 Å². The highest BCUT2D eigenvalue weighted by Gasteiger charge is 2.50. The average Bonchev–Trinajstić information content (AvgIpc) is 3.39. The number of ether oxygens (including phenoxy) is 1. The van der Waals surface area contributed by atoms with Gasteiger partial charge in [-0.15, -0.1) is 0 Å². The van der Waals surface area contributed by atoms with Crippen molar-refractivity contribution in [2.24, 2.45) is 0 Å². The van der Waals surface area contributed by atoms with Crippen molar-refractivity contribution < 1.29 is 23.8 Å². The molecule has 0 unspecified atom stereocenters. The number of hydrogen-bond acceptors (Lipinski definition) is 4. The van der Waals surface area contributed by atoms with E-state index in [1.54, 1.807) is 4.57 Å². The van der Waals surface area contributed by atoms with Gasteiger partial charge in [-0.1, -0.05) is 6.92 Å². The van der Waals surface area contributed by atoms with E-state index in [0.29, 0.717) is 31.2 Å². The van der Waals surface area contributed by atoms with Crippen LogP contribution in [-0.2, 0) is 10.3 Å². The lowest BCUT2D eigenvalue weighted by Crippen LogP contribution is -2.37. The SMILES string of the molecule is CCCC(=O)NC1(c2c(F)cc3c(=O)c(C(=O)O)cn4c3c2OC[C@@H]4C)CC1. The van der Waals surface area contributed by atoms with E-state index in [0.717, 1.165) is 6.07 Å². The number of amides is 1. The second-order valence-corrected chi connectivity index (χ2v) is 7.58. The Labute approximate surface area is 160 Å². The Morgan fingerprint density at radius 1 is 1.43 bits per heavy atom. The molecular weight excluding hydrogens is 367 g/mol. The lowest BCUT2D eigenvalue weighted by molar-refractivity contribution is -0.122. The molecule has 1 aromatic heterocycles. The van der Waals surface area contributed by atoms with Gasteiger partial charge in [-0.25, -0.2) is 9.18 Å². The van der Waals surface area contributed by atoms with Crippen LogP contribution < -0.4 is 15.5 Å². The van der Waals surface area contributed by atoms with Crippen LogP contribution in [0.1, 0.15) is 61.5 Å². The Bertz CT molecular complexity index is 1070. The summed E-state index contributed by atoms with van der Waals surface area (Å²) < 4.78 is 22.7. The third-order valence-corrected chi connectivity index (χ3v) is 5.48. The van der Waals surface area contributed by atoms with Crippen molar-refractivity contribution in [1.82, 2.24) is 9.88 Å². The number of carboxylic acids is 1. The van der Waals surface area contributed by atoms with Gasteiger partial charge in [0.2, 0.25) is 11.3 Å². The van der Waals surface area contributed by atoms with Gasteiger partial charge in [0.15, 0.2) is 5.75 Å². The Balaban J connectivity index is 1.98. The van der Waals surface area contributed by atoms with Crippen molar-refractivity contribution in [2.75, 3.05) is 6.61 Å². The van der Waals surface area contributed by atoms with Crippen molar-refractivity contribution in [3.63, 3.8) is 0 Å². The molecule has 2 aliphatic rings. The van der Waals surface area contributed by atoms with Crippen LogP contribution in [0.4, 0.5) is 4.39 Å². The molecule has 0 saturated heterocycles. The summed E-state index contributed by atoms with van der Waals surface area (Å²) in [6, 6.07) is 0.851. The molecule has 1 atom stereocenters. The largest absolute Gasteiger partial charge is 0.489 e. The summed E-state index contributed by atoms with van der Waals surface area (Å²) in [6.45, 7) is 3.93. The van der Waals surface area contributed by atoms with Crippen LogP contribution >= 0.6 is 0 Å². The topological polar surface area (TPSA) is 97.6 Å². The van der Waals surface area contributed by atoms with E-state index in [-0.39, 0.29) is 35.3 Å². The molecule has 2 aromatic rings. The zero-order valence-corrected chi connectivity index (χ0v) is 15.7. The van der Waals surface area contributed by atoms with Gasteiger partial charge in [0.1, 0.15) is 18.0 Å². The van der Waals surface area contributed by atoms with Gasteiger partial charge in [0, 0.05) is 12.6 Å². The first-order valence-electron chi connectivity index (χ1n) is 9.38. The number of carboxylic acid groups (broad SMARTS) is 1. The summed E-state index contributed by atoms with van der Waals surface area (Å²) in [6.07, 6.45) is 3.47. The molecule has 1 aliphatic heterocycles. The first-order valence-corrected chi connectivity index (χ1v) is 9.38. The summed E-state index contributed by atoms with van der Waals surface area (Å²) in [5.41, 5.74) is -1.37. The number of carbonyl (C=O) groups is 2. The number of nitrogens with one attached hydrogen (secondary N) is 1. The summed E-state index contributed by atoms with van der Waals surface area (Å²) >= 11 is 0. The quantitative estimate of drug-likeness (QED) is 0.821. The first-order chi connectivity index (χ1) is 13.3. The molecule has 1 aliphatic carbocycles. The van der Waals surface area contributed by atoms with Gasteiger partial charge >= 0.3 is 5.97 Å².